The lowest BCUT2D eigenvalue weighted by Crippen LogP contribution is -2.14. The third kappa shape index (κ3) is 2.55. The predicted molar refractivity (Wildman–Crippen MR) is 53.7 cm³/mol. The minimum atomic E-state index is -1.11. The molecule has 0 atom stereocenters. The Labute approximate surface area is 86.9 Å². The first-order valence-corrected chi connectivity index (χ1v) is 4.61. The number of nitrogens with zero attached hydrogens (tertiary/aromatic N) is 2. The van der Waals surface area contributed by atoms with Crippen LogP contribution in [0.3, 0.4) is 0 Å². The lowest BCUT2D eigenvalue weighted by molar-refractivity contribution is -0.116. The van der Waals surface area contributed by atoms with Crippen LogP contribution in [0, 0.1) is 0 Å². The zero-order valence-electron chi connectivity index (χ0n) is 8.65. The fourth-order valence-electron chi connectivity index (χ4n) is 1.22. The van der Waals surface area contributed by atoms with Crippen molar-refractivity contribution in [2.45, 2.75) is 19.8 Å². The van der Waals surface area contributed by atoms with Gasteiger partial charge in [-0.2, -0.15) is 5.10 Å². The first-order chi connectivity index (χ1) is 7.06. The summed E-state index contributed by atoms with van der Waals surface area (Å²) in [6.07, 6.45) is 2.42. The Hall–Kier alpha value is -1.85. The van der Waals surface area contributed by atoms with Crippen LogP contribution in [0.4, 0.5) is 5.69 Å². The first-order valence-electron chi connectivity index (χ1n) is 4.61. The number of carbonyl (C=O) groups excluding carboxylic acids is 1. The molecule has 0 aliphatic carbocycles. The summed E-state index contributed by atoms with van der Waals surface area (Å²) in [7, 11) is 1.51. The van der Waals surface area contributed by atoms with Gasteiger partial charge in [0.05, 0.1) is 11.9 Å². The highest BCUT2D eigenvalue weighted by Gasteiger charge is 2.16. The number of hydrogen-bond donors (Lipinski definition) is 2. The molecule has 0 aliphatic rings. The Morgan fingerprint density at radius 1 is 1.60 bits per heavy atom. The number of amides is 1. The molecule has 1 aromatic rings. The van der Waals surface area contributed by atoms with Gasteiger partial charge >= 0.3 is 5.97 Å². The van der Waals surface area contributed by atoms with Crippen molar-refractivity contribution < 1.29 is 14.7 Å². The highest BCUT2D eigenvalue weighted by atomic mass is 16.4. The van der Waals surface area contributed by atoms with Crippen molar-refractivity contribution in [2.75, 3.05) is 5.32 Å². The summed E-state index contributed by atoms with van der Waals surface area (Å²) in [5.41, 5.74) is 0.225. The molecule has 82 valence electrons. The monoisotopic (exact) mass is 211 g/mol. The van der Waals surface area contributed by atoms with E-state index >= 15 is 0 Å². The minimum Gasteiger partial charge on any atom is -0.476 e. The molecule has 1 amide bonds. The molecule has 1 heterocycles. The molecule has 6 heteroatoms. The summed E-state index contributed by atoms with van der Waals surface area (Å²) in [6.45, 7) is 1.88. The lowest BCUT2D eigenvalue weighted by Gasteiger charge is -2.03. The number of hydrogen-bond acceptors (Lipinski definition) is 3. The van der Waals surface area contributed by atoms with Gasteiger partial charge in [0.25, 0.3) is 0 Å². The maximum Gasteiger partial charge on any atom is 0.356 e. The van der Waals surface area contributed by atoms with E-state index < -0.39 is 5.97 Å². The molecule has 0 saturated heterocycles. The second-order valence-corrected chi connectivity index (χ2v) is 3.13. The van der Waals surface area contributed by atoms with Crippen LogP contribution in [-0.2, 0) is 11.8 Å². The number of aromatic nitrogens is 2. The Balaban J connectivity index is 2.86. The molecular formula is C9H13N3O3. The average molecular weight is 211 g/mol. The van der Waals surface area contributed by atoms with Crippen LogP contribution in [0.25, 0.3) is 0 Å². The van der Waals surface area contributed by atoms with Gasteiger partial charge in [0.2, 0.25) is 5.91 Å². The van der Waals surface area contributed by atoms with Gasteiger partial charge in [-0.3, -0.25) is 9.48 Å². The molecule has 0 unspecified atom stereocenters. The maximum atomic E-state index is 11.3. The topological polar surface area (TPSA) is 84.2 Å². The summed E-state index contributed by atoms with van der Waals surface area (Å²) in [6, 6.07) is 0. The summed E-state index contributed by atoms with van der Waals surface area (Å²) < 4.78 is 1.21. The van der Waals surface area contributed by atoms with E-state index in [2.05, 4.69) is 10.4 Å². The predicted octanol–water partition coefficient (Wildman–Crippen LogP) is 0.857. The second-order valence-electron chi connectivity index (χ2n) is 3.13. The van der Waals surface area contributed by atoms with Crippen LogP contribution >= 0.6 is 0 Å². The molecule has 0 spiro atoms. The summed E-state index contributed by atoms with van der Waals surface area (Å²) in [4.78, 5) is 22.1. The van der Waals surface area contributed by atoms with Crippen molar-refractivity contribution in [1.82, 2.24) is 9.78 Å². The third-order valence-corrected chi connectivity index (χ3v) is 1.89. The number of carbonyl (C=O) groups is 2. The van der Waals surface area contributed by atoms with E-state index in [4.69, 9.17) is 5.11 Å². The molecule has 0 bridgehead atoms. The third-order valence-electron chi connectivity index (χ3n) is 1.89. The fourth-order valence-corrected chi connectivity index (χ4v) is 1.22. The van der Waals surface area contributed by atoms with E-state index in [0.717, 1.165) is 0 Å². The summed E-state index contributed by atoms with van der Waals surface area (Å²) in [5, 5.41) is 15.1. The van der Waals surface area contributed by atoms with E-state index in [1.165, 1.54) is 17.9 Å². The van der Waals surface area contributed by atoms with Gasteiger partial charge in [-0.1, -0.05) is 6.92 Å². The number of anilines is 1. The van der Waals surface area contributed by atoms with E-state index in [9.17, 15) is 9.59 Å². The number of aromatic carboxylic acids is 1. The Bertz CT molecular complexity index is 384. The Morgan fingerprint density at radius 2 is 2.27 bits per heavy atom. The van der Waals surface area contributed by atoms with Crippen LogP contribution in [0.2, 0.25) is 0 Å². The molecule has 2 N–H and O–H groups in total. The number of aryl methyl sites for hydroxylation is 1. The fraction of sp³-hybridized carbons (Fsp3) is 0.444. The average Bonchev–Trinajstić information content (AvgIpc) is 2.47. The largest absolute Gasteiger partial charge is 0.476 e. The number of carboxylic acid groups (broad SMARTS) is 1. The normalized spacial score (nSPS) is 10.0. The molecule has 1 rings (SSSR count). The van der Waals surface area contributed by atoms with Gasteiger partial charge in [0, 0.05) is 13.5 Å². The standard InChI is InChI=1S/C9H13N3O3/c1-3-4-7(13)11-6-5-10-12(2)8(6)9(14)15/h5H,3-4H2,1-2H3,(H,11,13)(H,14,15). The molecule has 15 heavy (non-hydrogen) atoms. The van der Waals surface area contributed by atoms with E-state index in [-0.39, 0.29) is 17.3 Å². The van der Waals surface area contributed by atoms with Gasteiger partial charge in [0.1, 0.15) is 0 Å². The molecule has 0 aliphatic heterocycles. The smallest absolute Gasteiger partial charge is 0.356 e. The van der Waals surface area contributed by atoms with Crippen molar-refractivity contribution in [1.29, 1.82) is 0 Å². The van der Waals surface area contributed by atoms with Crippen molar-refractivity contribution in [2.24, 2.45) is 7.05 Å². The Morgan fingerprint density at radius 3 is 2.80 bits per heavy atom. The SMILES string of the molecule is CCCC(=O)Nc1cnn(C)c1C(=O)O. The van der Waals surface area contributed by atoms with E-state index in [1.54, 1.807) is 0 Å². The van der Waals surface area contributed by atoms with Gasteiger partial charge in [-0.25, -0.2) is 4.79 Å². The molecule has 0 saturated carbocycles. The molecule has 1 aromatic heterocycles. The number of rotatable bonds is 4. The van der Waals surface area contributed by atoms with Crippen LogP contribution in [0.15, 0.2) is 6.20 Å². The van der Waals surface area contributed by atoms with Crippen LogP contribution < -0.4 is 5.32 Å². The molecule has 0 aromatic carbocycles. The zero-order chi connectivity index (χ0) is 11.4. The van der Waals surface area contributed by atoms with Gasteiger partial charge in [-0.15, -0.1) is 0 Å². The first kappa shape index (κ1) is 11.2. The van der Waals surface area contributed by atoms with Gasteiger partial charge in [-0.05, 0) is 6.42 Å². The van der Waals surface area contributed by atoms with Crippen molar-refractivity contribution in [3.8, 4) is 0 Å². The highest BCUT2D eigenvalue weighted by molar-refractivity contribution is 5.99. The molecule has 0 fully saturated rings. The zero-order valence-corrected chi connectivity index (χ0v) is 8.65. The van der Waals surface area contributed by atoms with Crippen LogP contribution in [0.1, 0.15) is 30.3 Å². The van der Waals surface area contributed by atoms with Crippen LogP contribution in [-0.4, -0.2) is 26.8 Å². The van der Waals surface area contributed by atoms with E-state index in [1.807, 2.05) is 6.92 Å². The Kier molecular flexibility index (Phi) is 3.43. The molecule has 6 nitrogen and oxygen atoms in total. The number of carboxylic acids is 1. The van der Waals surface area contributed by atoms with Crippen LogP contribution in [0.5, 0.6) is 0 Å². The van der Waals surface area contributed by atoms with Gasteiger partial charge < -0.3 is 10.4 Å². The van der Waals surface area contributed by atoms with Crippen molar-refractivity contribution in [3.05, 3.63) is 11.9 Å². The van der Waals surface area contributed by atoms with Gasteiger partial charge in [0.15, 0.2) is 5.69 Å². The molecular weight excluding hydrogens is 198 g/mol. The maximum absolute atomic E-state index is 11.3. The quantitative estimate of drug-likeness (QED) is 0.773. The van der Waals surface area contributed by atoms with E-state index in [0.29, 0.717) is 12.8 Å². The summed E-state index contributed by atoms with van der Waals surface area (Å²) >= 11 is 0. The summed E-state index contributed by atoms with van der Waals surface area (Å²) in [5.74, 6) is -1.31. The minimum absolute atomic E-state index is 0.0144. The highest BCUT2D eigenvalue weighted by Crippen LogP contribution is 2.14. The number of nitrogens with one attached hydrogen (secondary N) is 1. The second kappa shape index (κ2) is 4.59. The molecule has 0 radical (unpaired) electrons. The van der Waals surface area contributed by atoms with Crippen molar-refractivity contribution >= 4 is 17.6 Å². The lowest BCUT2D eigenvalue weighted by atomic mass is 10.3. The van der Waals surface area contributed by atoms with Crippen molar-refractivity contribution in [3.63, 3.8) is 0 Å².